The zero-order chi connectivity index (χ0) is 14.8. The van der Waals surface area contributed by atoms with Crippen LogP contribution in [0.1, 0.15) is 86.8 Å². The molecule has 0 aliphatic heterocycles. The number of unbranched alkanes of at least 4 members (excludes halogenated alkanes) is 6. The maximum Gasteiger partial charge on any atom is 0.0900 e. The van der Waals surface area contributed by atoms with Gasteiger partial charge in [0.05, 0.1) is 10.7 Å². The van der Waals surface area contributed by atoms with Crippen molar-refractivity contribution in [2.45, 2.75) is 85.1 Å². The molecule has 3 heteroatoms. The first-order chi connectivity index (χ1) is 9.69. The lowest BCUT2D eigenvalue weighted by Crippen LogP contribution is -2.20. The van der Waals surface area contributed by atoms with E-state index in [2.05, 4.69) is 38.0 Å². The van der Waals surface area contributed by atoms with Crippen molar-refractivity contribution < 1.29 is 0 Å². The van der Waals surface area contributed by atoms with Crippen LogP contribution in [0.25, 0.3) is 0 Å². The number of aromatic nitrogens is 1. The highest BCUT2D eigenvalue weighted by atomic mass is 32.1. The molecule has 116 valence electrons. The normalized spacial score (nSPS) is 12.8. The quantitative estimate of drug-likeness (QED) is 0.541. The van der Waals surface area contributed by atoms with Crippen LogP contribution in [-0.4, -0.2) is 11.5 Å². The van der Waals surface area contributed by atoms with Crippen molar-refractivity contribution in [1.82, 2.24) is 10.3 Å². The van der Waals surface area contributed by atoms with Crippen molar-refractivity contribution in [3.8, 4) is 0 Å². The molecule has 1 aromatic heterocycles. The number of nitrogens with zero attached hydrogens (tertiary/aromatic N) is 1. The predicted molar refractivity (Wildman–Crippen MR) is 90.6 cm³/mol. The summed E-state index contributed by atoms with van der Waals surface area (Å²) in [7, 11) is 0. The van der Waals surface area contributed by atoms with Gasteiger partial charge in [0, 0.05) is 10.9 Å². The Bertz CT molecular complexity index is 360. The minimum atomic E-state index is 0.516. The Morgan fingerprint density at radius 1 is 1.00 bits per heavy atom. The van der Waals surface area contributed by atoms with Crippen molar-refractivity contribution in [2.24, 2.45) is 0 Å². The molecule has 0 bridgehead atoms. The van der Waals surface area contributed by atoms with Crippen molar-refractivity contribution in [3.63, 3.8) is 0 Å². The summed E-state index contributed by atoms with van der Waals surface area (Å²) in [6.45, 7) is 9.77. The summed E-state index contributed by atoms with van der Waals surface area (Å²) in [5, 5.41) is 4.83. The fourth-order valence-electron chi connectivity index (χ4n) is 2.75. The van der Waals surface area contributed by atoms with Gasteiger partial charge >= 0.3 is 0 Å². The summed E-state index contributed by atoms with van der Waals surface area (Å²) in [5.74, 6) is 0. The maximum atomic E-state index is 4.57. The van der Waals surface area contributed by atoms with Gasteiger partial charge in [-0.2, -0.15) is 0 Å². The standard InChI is InChI=1S/C17H32N2S/c1-5-7-8-9-10-11-12-13-16(18-6-2)17-14(3)19-15(4)20-17/h16,18H,5-13H2,1-4H3. The summed E-state index contributed by atoms with van der Waals surface area (Å²) < 4.78 is 0. The van der Waals surface area contributed by atoms with E-state index in [-0.39, 0.29) is 0 Å². The van der Waals surface area contributed by atoms with Gasteiger partial charge in [-0.15, -0.1) is 11.3 Å². The van der Waals surface area contributed by atoms with Crippen LogP contribution in [0.15, 0.2) is 0 Å². The van der Waals surface area contributed by atoms with Gasteiger partial charge < -0.3 is 5.32 Å². The molecule has 1 N–H and O–H groups in total. The van der Waals surface area contributed by atoms with Gasteiger partial charge in [-0.25, -0.2) is 4.98 Å². The van der Waals surface area contributed by atoms with Gasteiger partial charge in [-0.1, -0.05) is 58.8 Å². The molecular weight excluding hydrogens is 264 g/mol. The minimum Gasteiger partial charge on any atom is -0.309 e. The van der Waals surface area contributed by atoms with Crippen LogP contribution in [-0.2, 0) is 0 Å². The molecule has 0 spiro atoms. The van der Waals surface area contributed by atoms with Crippen LogP contribution < -0.4 is 5.32 Å². The minimum absolute atomic E-state index is 0.516. The third-order valence-electron chi connectivity index (χ3n) is 3.80. The molecule has 0 aromatic carbocycles. The van der Waals surface area contributed by atoms with Gasteiger partial charge in [0.1, 0.15) is 0 Å². The first kappa shape index (κ1) is 17.6. The predicted octanol–water partition coefficient (Wildman–Crippen LogP) is 5.55. The molecule has 0 saturated carbocycles. The average Bonchev–Trinajstić information content (AvgIpc) is 2.75. The lowest BCUT2D eigenvalue weighted by atomic mass is 10.0. The number of hydrogen-bond donors (Lipinski definition) is 1. The molecule has 0 radical (unpaired) electrons. The largest absolute Gasteiger partial charge is 0.309 e. The summed E-state index contributed by atoms with van der Waals surface area (Å²) in [6, 6.07) is 0.516. The van der Waals surface area contributed by atoms with E-state index in [1.807, 2.05) is 11.3 Å². The van der Waals surface area contributed by atoms with Crippen molar-refractivity contribution in [2.75, 3.05) is 6.54 Å². The van der Waals surface area contributed by atoms with E-state index in [0.717, 1.165) is 6.54 Å². The first-order valence-electron chi connectivity index (χ1n) is 8.36. The second kappa shape index (κ2) is 10.3. The maximum absolute atomic E-state index is 4.57. The zero-order valence-electron chi connectivity index (χ0n) is 13.8. The second-order valence-corrected chi connectivity index (χ2v) is 6.94. The number of nitrogens with one attached hydrogen (secondary N) is 1. The Morgan fingerprint density at radius 2 is 1.65 bits per heavy atom. The molecule has 1 rings (SSSR count). The zero-order valence-corrected chi connectivity index (χ0v) is 14.6. The molecule has 0 saturated heterocycles. The second-order valence-electron chi connectivity index (χ2n) is 5.70. The Balaban J connectivity index is 2.31. The molecule has 20 heavy (non-hydrogen) atoms. The van der Waals surface area contributed by atoms with E-state index in [1.54, 1.807) is 0 Å². The molecule has 0 fully saturated rings. The van der Waals surface area contributed by atoms with Gasteiger partial charge in [-0.3, -0.25) is 0 Å². The first-order valence-corrected chi connectivity index (χ1v) is 9.18. The van der Waals surface area contributed by atoms with Crippen LogP contribution in [0.5, 0.6) is 0 Å². The highest BCUT2D eigenvalue weighted by Gasteiger charge is 2.16. The van der Waals surface area contributed by atoms with E-state index >= 15 is 0 Å². The Hall–Kier alpha value is -0.410. The van der Waals surface area contributed by atoms with Crippen molar-refractivity contribution >= 4 is 11.3 Å². The SMILES string of the molecule is CCCCCCCCCC(NCC)c1sc(C)nc1C. The topological polar surface area (TPSA) is 24.9 Å². The fourth-order valence-corrected chi connectivity index (χ4v) is 3.79. The Kier molecular flexibility index (Phi) is 9.12. The van der Waals surface area contributed by atoms with Gasteiger partial charge in [0.25, 0.3) is 0 Å². The molecule has 1 aromatic rings. The molecule has 0 aliphatic rings. The number of rotatable bonds is 11. The molecular formula is C17H32N2S. The summed E-state index contributed by atoms with van der Waals surface area (Å²) >= 11 is 1.86. The van der Waals surface area contributed by atoms with E-state index in [0.29, 0.717) is 6.04 Å². The third-order valence-corrected chi connectivity index (χ3v) is 4.99. The van der Waals surface area contributed by atoms with Crippen LogP contribution >= 0.6 is 11.3 Å². The Labute approximate surface area is 129 Å². The average molecular weight is 297 g/mol. The highest BCUT2D eigenvalue weighted by molar-refractivity contribution is 7.11. The van der Waals surface area contributed by atoms with Crippen molar-refractivity contribution in [1.29, 1.82) is 0 Å². The number of hydrogen-bond acceptors (Lipinski definition) is 3. The molecule has 1 heterocycles. The van der Waals surface area contributed by atoms with Crippen molar-refractivity contribution in [3.05, 3.63) is 15.6 Å². The fraction of sp³-hybridized carbons (Fsp3) is 0.824. The third kappa shape index (κ3) is 6.36. The molecule has 2 nitrogen and oxygen atoms in total. The summed E-state index contributed by atoms with van der Waals surface area (Å²) in [5.41, 5.74) is 1.22. The van der Waals surface area contributed by atoms with Crippen LogP contribution in [0.4, 0.5) is 0 Å². The lowest BCUT2D eigenvalue weighted by molar-refractivity contribution is 0.479. The molecule has 0 amide bonds. The number of aryl methyl sites for hydroxylation is 2. The van der Waals surface area contributed by atoms with Gasteiger partial charge in [0.15, 0.2) is 0 Å². The van der Waals surface area contributed by atoms with E-state index in [9.17, 15) is 0 Å². The van der Waals surface area contributed by atoms with Crippen LogP contribution in [0.3, 0.4) is 0 Å². The van der Waals surface area contributed by atoms with Gasteiger partial charge in [0.2, 0.25) is 0 Å². The van der Waals surface area contributed by atoms with E-state index < -0.39 is 0 Å². The van der Waals surface area contributed by atoms with Gasteiger partial charge in [-0.05, 0) is 26.8 Å². The molecule has 1 unspecified atom stereocenters. The lowest BCUT2D eigenvalue weighted by Gasteiger charge is -2.17. The van der Waals surface area contributed by atoms with E-state index in [1.165, 1.54) is 66.9 Å². The van der Waals surface area contributed by atoms with Crippen LogP contribution in [0, 0.1) is 13.8 Å². The molecule has 0 aliphatic carbocycles. The van der Waals surface area contributed by atoms with Crippen LogP contribution in [0.2, 0.25) is 0 Å². The molecule has 1 atom stereocenters. The van der Waals surface area contributed by atoms with E-state index in [4.69, 9.17) is 0 Å². The highest BCUT2D eigenvalue weighted by Crippen LogP contribution is 2.28. The smallest absolute Gasteiger partial charge is 0.0900 e. The monoisotopic (exact) mass is 296 g/mol. The summed E-state index contributed by atoms with van der Waals surface area (Å²) in [6.07, 6.45) is 10.9. The summed E-state index contributed by atoms with van der Waals surface area (Å²) in [4.78, 5) is 6.02. The Morgan fingerprint density at radius 3 is 2.20 bits per heavy atom. The number of thiazole rings is 1.